The molecule has 5 nitrogen and oxygen atoms in total. The molecule has 132 valence electrons. The minimum Gasteiger partial charge on any atom is -0.497 e. The van der Waals surface area contributed by atoms with Gasteiger partial charge >= 0.3 is 0 Å². The van der Waals surface area contributed by atoms with Crippen LogP contribution < -0.4 is 4.74 Å². The molecule has 0 unspecified atom stereocenters. The molecular formula is C19H27NO4. The maximum absolute atomic E-state index is 12.0. The summed E-state index contributed by atoms with van der Waals surface area (Å²) in [6.07, 6.45) is 4.30. The molecule has 0 saturated carbocycles. The van der Waals surface area contributed by atoms with Gasteiger partial charge < -0.3 is 19.1 Å². The lowest BCUT2D eigenvalue weighted by molar-refractivity contribution is -0.138. The van der Waals surface area contributed by atoms with E-state index in [2.05, 4.69) is 12.1 Å². The molecule has 0 bridgehead atoms. The molecule has 1 aromatic rings. The number of nitrogens with zero attached hydrogens (tertiary/aromatic N) is 1. The Labute approximate surface area is 143 Å². The van der Waals surface area contributed by atoms with E-state index in [-0.39, 0.29) is 24.0 Å². The van der Waals surface area contributed by atoms with Gasteiger partial charge in [-0.05, 0) is 43.4 Å². The lowest BCUT2D eigenvalue weighted by Gasteiger charge is -2.42. The van der Waals surface area contributed by atoms with Crippen LogP contribution in [0.3, 0.4) is 0 Å². The van der Waals surface area contributed by atoms with Crippen molar-refractivity contribution in [1.82, 2.24) is 4.90 Å². The summed E-state index contributed by atoms with van der Waals surface area (Å²) in [7, 11) is 3.25. The van der Waals surface area contributed by atoms with Gasteiger partial charge in [0, 0.05) is 32.2 Å². The first-order valence-corrected chi connectivity index (χ1v) is 8.68. The number of rotatable bonds is 5. The van der Waals surface area contributed by atoms with Crippen molar-refractivity contribution in [3.05, 3.63) is 29.8 Å². The quantitative estimate of drug-likeness (QED) is 0.829. The summed E-state index contributed by atoms with van der Waals surface area (Å²) in [5.41, 5.74) is 1.49. The zero-order valence-corrected chi connectivity index (χ0v) is 14.6. The molecule has 0 radical (unpaired) electrons. The van der Waals surface area contributed by atoms with Crippen LogP contribution in [-0.2, 0) is 20.7 Å². The van der Waals surface area contributed by atoms with Crippen molar-refractivity contribution in [2.24, 2.45) is 5.41 Å². The van der Waals surface area contributed by atoms with Gasteiger partial charge in [-0.15, -0.1) is 0 Å². The van der Waals surface area contributed by atoms with Crippen molar-refractivity contribution < 1.29 is 19.0 Å². The van der Waals surface area contributed by atoms with E-state index in [4.69, 9.17) is 14.2 Å². The summed E-state index contributed by atoms with van der Waals surface area (Å²) in [4.78, 5) is 13.9. The fourth-order valence-electron chi connectivity index (χ4n) is 3.98. The van der Waals surface area contributed by atoms with E-state index in [1.165, 1.54) is 5.56 Å². The standard InChI is InChI=1S/C19H27NO4/c1-22-14-18(21)20-10-7-19(8-11-20)9-12-24-17(19)13-15-3-5-16(23-2)6-4-15/h3-6,17H,7-14H2,1-2H3/t17-/m0/s1. The van der Waals surface area contributed by atoms with Gasteiger partial charge in [-0.25, -0.2) is 0 Å². The van der Waals surface area contributed by atoms with Gasteiger partial charge in [0.25, 0.3) is 0 Å². The highest BCUT2D eigenvalue weighted by Crippen LogP contribution is 2.45. The maximum atomic E-state index is 12.0. The van der Waals surface area contributed by atoms with Gasteiger partial charge in [-0.2, -0.15) is 0 Å². The predicted octanol–water partition coefficient (Wildman–Crippen LogP) is 2.28. The molecule has 1 aromatic carbocycles. The summed E-state index contributed by atoms with van der Waals surface area (Å²) < 4.78 is 16.3. The van der Waals surface area contributed by atoms with Crippen molar-refractivity contribution in [3.8, 4) is 5.75 Å². The van der Waals surface area contributed by atoms with E-state index in [0.29, 0.717) is 0 Å². The Kier molecular flexibility index (Phi) is 5.41. The number of methoxy groups -OCH3 is 2. The Bertz CT molecular complexity index is 549. The Morgan fingerprint density at radius 3 is 2.54 bits per heavy atom. The second-order valence-corrected chi connectivity index (χ2v) is 6.84. The minimum atomic E-state index is 0.0953. The van der Waals surface area contributed by atoms with Crippen molar-refractivity contribution in [2.45, 2.75) is 31.8 Å². The van der Waals surface area contributed by atoms with Crippen LogP contribution in [0.1, 0.15) is 24.8 Å². The number of hydrogen-bond donors (Lipinski definition) is 0. The molecule has 3 rings (SSSR count). The average molecular weight is 333 g/mol. The number of carbonyl (C=O) groups excluding carboxylic acids is 1. The van der Waals surface area contributed by atoms with E-state index in [9.17, 15) is 4.79 Å². The first-order chi connectivity index (χ1) is 11.7. The number of carbonyl (C=O) groups is 1. The fourth-order valence-corrected chi connectivity index (χ4v) is 3.98. The zero-order chi connectivity index (χ0) is 17.0. The van der Waals surface area contributed by atoms with Gasteiger partial charge in [-0.1, -0.05) is 12.1 Å². The van der Waals surface area contributed by atoms with Crippen LogP contribution in [0.5, 0.6) is 5.75 Å². The SMILES string of the molecule is COCC(=O)N1CCC2(CCO[C@H]2Cc2ccc(OC)cc2)CC1. The Hall–Kier alpha value is -1.59. The zero-order valence-electron chi connectivity index (χ0n) is 14.6. The first kappa shape index (κ1) is 17.2. The molecule has 0 aliphatic carbocycles. The van der Waals surface area contributed by atoms with E-state index in [0.717, 1.165) is 51.1 Å². The number of likely N-dealkylation sites (tertiary alicyclic amines) is 1. The highest BCUT2D eigenvalue weighted by molar-refractivity contribution is 5.77. The topological polar surface area (TPSA) is 48.0 Å². The third kappa shape index (κ3) is 3.57. The Morgan fingerprint density at radius 2 is 1.92 bits per heavy atom. The van der Waals surface area contributed by atoms with Crippen LogP contribution in [0.4, 0.5) is 0 Å². The monoisotopic (exact) mass is 333 g/mol. The normalized spacial score (nSPS) is 22.8. The van der Waals surface area contributed by atoms with Crippen LogP contribution in [0.2, 0.25) is 0 Å². The van der Waals surface area contributed by atoms with E-state index in [1.54, 1.807) is 14.2 Å². The van der Waals surface area contributed by atoms with Gasteiger partial charge in [-0.3, -0.25) is 4.79 Å². The molecule has 1 amide bonds. The summed E-state index contributed by atoms with van der Waals surface area (Å²) >= 11 is 0. The molecule has 2 aliphatic heterocycles. The van der Waals surface area contributed by atoms with E-state index >= 15 is 0 Å². The van der Waals surface area contributed by atoms with Gasteiger partial charge in [0.05, 0.1) is 13.2 Å². The third-order valence-electron chi connectivity index (χ3n) is 5.56. The Morgan fingerprint density at radius 1 is 1.21 bits per heavy atom. The molecule has 1 spiro atoms. The molecule has 0 aromatic heterocycles. The molecule has 24 heavy (non-hydrogen) atoms. The third-order valence-corrected chi connectivity index (χ3v) is 5.56. The summed E-state index contributed by atoms with van der Waals surface area (Å²) in [5.74, 6) is 0.976. The van der Waals surface area contributed by atoms with Gasteiger partial charge in [0.2, 0.25) is 5.91 Å². The maximum Gasteiger partial charge on any atom is 0.248 e. The first-order valence-electron chi connectivity index (χ1n) is 8.68. The summed E-state index contributed by atoms with van der Waals surface area (Å²) in [5, 5.41) is 0. The summed E-state index contributed by atoms with van der Waals surface area (Å²) in [6.45, 7) is 2.63. The lowest BCUT2D eigenvalue weighted by atomic mass is 9.71. The van der Waals surface area contributed by atoms with Gasteiger partial charge in [0.15, 0.2) is 0 Å². The highest BCUT2D eigenvalue weighted by atomic mass is 16.5. The molecule has 2 fully saturated rings. The molecule has 2 heterocycles. The highest BCUT2D eigenvalue weighted by Gasteiger charge is 2.46. The molecular weight excluding hydrogens is 306 g/mol. The smallest absolute Gasteiger partial charge is 0.248 e. The summed E-state index contributed by atoms with van der Waals surface area (Å²) in [6, 6.07) is 8.24. The average Bonchev–Trinajstić information content (AvgIpc) is 2.98. The largest absolute Gasteiger partial charge is 0.497 e. The Balaban J connectivity index is 1.62. The number of piperidine rings is 1. The predicted molar refractivity (Wildman–Crippen MR) is 91.2 cm³/mol. The van der Waals surface area contributed by atoms with Crippen LogP contribution >= 0.6 is 0 Å². The molecule has 1 atom stereocenters. The fraction of sp³-hybridized carbons (Fsp3) is 0.632. The van der Waals surface area contributed by atoms with Crippen LogP contribution in [0.15, 0.2) is 24.3 Å². The van der Waals surface area contributed by atoms with Crippen LogP contribution in [0, 0.1) is 5.41 Å². The van der Waals surface area contributed by atoms with Crippen LogP contribution in [0.25, 0.3) is 0 Å². The molecule has 5 heteroatoms. The van der Waals surface area contributed by atoms with Gasteiger partial charge in [0.1, 0.15) is 12.4 Å². The van der Waals surface area contributed by atoms with Crippen molar-refractivity contribution in [1.29, 1.82) is 0 Å². The lowest BCUT2D eigenvalue weighted by Crippen LogP contribution is -2.47. The number of benzene rings is 1. The second kappa shape index (κ2) is 7.53. The van der Waals surface area contributed by atoms with Crippen molar-refractivity contribution in [3.63, 3.8) is 0 Å². The van der Waals surface area contributed by atoms with E-state index in [1.807, 2.05) is 17.0 Å². The number of amides is 1. The number of ether oxygens (including phenoxy) is 3. The van der Waals surface area contributed by atoms with E-state index < -0.39 is 0 Å². The number of hydrogen-bond acceptors (Lipinski definition) is 4. The molecule has 2 saturated heterocycles. The second-order valence-electron chi connectivity index (χ2n) is 6.84. The molecule has 2 aliphatic rings. The minimum absolute atomic E-state index is 0.0953. The van der Waals surface area contributed by atoms with Crippen LogP contribution in [-0.4, -0.2) is 57.4 Å². The van der Waals surface area contributed by atoms with Crippen molar-refractivity contribution >= 4 is 5.91 Å². The molecule has 0 N–H and O–H groups in total. The van der Waals surface area contributed by atoms with Crippen molar-refractivity contribution in [2.75, 3.05) is 40.5 Å².